The minimum absolute atomic E-state index is 0.0366. The van der Waals surface area contributed by atoms with Gasteiger partial charge in [-0.1, -0.05) is 6.92 Å². The minimum atomic E-state index is -0.952. The Morgan fingerprint density at radius 1 is 1.15 bits per heavy atom. The zero-order valence-corrected chi connectivity index (χ0v) is 15.1. The van der Waals surface area contributed by atoms with Crippen LogP contribution in [-0.4, -0.2) is 44.5 Å². The van der Waals surface area contributed by atoms with E-state index in [1.807, 2.05) is 27.8 Å². The van der Waals surface area contributed by atoms with Gasteiger partial charge < -0.3 is 14.6 Å². The molecule has 1 aliphatic heterocycles. The van der Waals surface area contributed by atoms with Gasteiger partial charge in [0.2, 0.25) is 0 Å². The number of hydrogen-bond acceptors (Lipinski definition) is 3. The molecule has 1 N–H and O–H groups in total. The SMILES string of the molecule is C[C@H]1CCCN(C(=O)c2cnc3c(ccn3-c3ccc(C(=O)O)cc3)c2)C1. The van der Waals surface area contributed by atoms with Gasteiger partial charge in [0.1, 0.15) is 5.65 Å². The van der Waals surface area contributed by atoms with Crippen LogP contribution in [0, 0.1) is 5.92 Å². The molecule has 1 atom stereocenters. The molecule has 1 aliphatic rings. The summed E-state index contributed by atoms with van der Waals surface area (Å²) in [5.41, 5.74) is 2.41. The van der Waals surface area contributed by atoms with Crippen molar-refractivity contribution in [3.8, 4) is 5.69 Å². The van der Waals surface area contributed by atoms with Gasteiger partial charge in [0.15, 0.2) is 0 Å². The summed E-state index contributed by atoms with van der Waals surface area (Å²) in [6, 6.07) is 10.4. The fraction of sp³-hybridized carbons (Fsp3) is 0.286. The maximum absolute atomic E-state index is 12.8. The van der Waals surface area contributed by atoms with E-state index in [0.29, 0.717) is 11.5 Å². The molecule has 138 valence electrons. The summed E-state index contributed by atoms with van der Waals surface area (Å²) < 4.78 is 1.89. The summed E-state index contributed by atoms with van der Waals surface area (Å²) in [5.74, 6) is -0.379. The number of likely N-dealkylation sites (tertiary alicyclic amines) is 1. The highest BCUT2D eigenvalue weighted by atomic mass is 16.4. The van der Waals surface area contributed by atoms with Crippen LogP contribution in [0.25, 0.3) is 16.7 Å². The molecule has 6 nitrogen and oxygen atoms in total. The molecule has 27 heavy (non-hydrogen) atoms. The summed E-state index contributed by atoms with van der Waals surface area (Å²) in [7, 11) is 0. The number of rotatable bonds is 3. The zero-order valence-electron chi connectivity index (χ0n) is 15.1. The first-order valence-corrected chi connectivity index (χ1v) is 9.13. The second-order valence-corrected chi connectivity index (χ2v) is 7.17. The van der Waals surface area contributed by atoms with Crippen LogP contribution in [0.4, 0.5) is 0 Å². The molecule has 1 amide bonds. The quantitative estimate of drug-likeness (QED) is 0.771. The van der Waals surface area contributed by atoms with Crippen molar-refractivity contribution in [1.29, 1.82) is 0 Å². The Morgan fingerprint density at radius 3 is 2.63 bits per heavy atom. The van der Waals surface area contributed by atoms with E-state index < -0.39 is 5.97 Å². The normalized spacial score (nSPS) is 17.2. The van der Waals surface area contributed by atoms with Crippen molar-refractivity contribution < 1.29 is 14.7 Å². The van der Waals surface area contributed by atoms with Crippen molar-refractivity contribution in [2.75, 3.05) is 13.1 Å². The van der Waals surface area contributed by atoms with Crippen LogP contribution in [-0.2, 0) is 0 Å². The van der Waals surface area contributed by atoms with Gasteiger partial charge in [-0.15, -0.1) is 0 Å². The van der Waals surface area contributed by atoms with Crippen LogP contribution >= 0.6 is 0 Å². The number of piperidine rings is 1. The third-order valence-electron chi connectivity index (χ3n) is 5.11. The third-order valence-corrected chi connectivity index (χ3v) is 5.11. The van der Waals surface area contributed by atoms with Gasteiger partial charge >= 0.3 is 5.97 Å². The van der Waals surface area contributed by atoms with Crippen LogP contribution in [0.3, 0.4) is 0 Å². The van der Waals surface area contributed by atoms with Crippen molar-refractivity contribution in [3.05, 3.63) is 59.9 Å². The Labute approximate surface area is 157 Å². The standard InChI is InChI=1S/C21H21N3O3/c1-14-3-2-9-23(13-14)20(25)17-11-16-8-10-24(19(16)22-12-17)18-6-4-15(5-7-18)21(26)27/h4-8,10-12,14H,2-3,9,13H2,1H3,(H,26,27)/t14-/m0/s1. The van der Waals surface area contributed by atoms with Crippen molar-refractivity contribution in [2.45, 2.75) is 19.8 Å². The maximum atomic E-state index is 12.8. The highest BCUT2D eigenvalue weighted by molar-refractivity contribution is 5.97. The van der Waals surface area contributed by atoms with Gasteiger partial charge in [-0.05, 0) is 55.2 Å². The van der Waals surface area contributed by atoms with Crippen molar-refractivity contribution in [1.82, 2.24) is 14.5 Å². The van der Waals surface area contributed by atoms with Crippen LogP contribution in [0.2, 0.25) is 0 Å². The van der Waals surface area contributed by atoms with Gasteiger partial charge in [0.05, 0.1) is 11.1 Å². The number of carbonyl (C=O) groups excluding carboxylic acids is 1. The third kappa shape index (κ3) is 3.30. The molecule has 1 fully saturated rings. The first-order valence-electron chi connectivity index (χ1n) is 9.13. The number of carboxylic acid groups (broad SMARTS) is 1. The van der Waals surface area contributed by atoms with Crippen LogP contribution < -0.4 is 0 Å². The first-order chi connectivity index (χ1) is 13.0. The number of aromatic nitrogens is 2. The van der Waals surface area contributed by atoms with E-state index in [1.165, 1.54) is 6.42 Å². The maximum Gasteiger partial charge on any atom is 0.335 e. The minimum Gasteiger partial charge on any atom is -0.478 e. The van der Waals surface area contributed by atoms with E-state index in [-0.39, 0.29) is 11.5 Å². The van der Waals surface area contributed by atoms with Gasteiger partial charge in [-0.3, -0.25) is 4.79 Å². The molecular weight excluding hydrogens is 342 g/mol. The van der Waals surface area contributed by atoms with E-state index in [9.17, 15) is 9.59 Å². The number of nitrogens with zero attached hydrogens (tertiary/aromatic N) is 3. The molecule has 0 unspecified atom stereocenters. The van der Waals surface area contributed by atoms with E-state index in [0.717, 1.165) is 36.2 Å². The second-order valence-electron chi connectivity index (χ2n) is 7.17. The van der Waals surface area contributed by atoms with Gasteiger partial charge in [0, 0.05) is 36.6 Å². The molecule has 0 bridgehead atoms. The van der Waals surface area contributed by atoms with Crippen LogP contribution in [0.5, 0.6) is 0 Å². The lowest BCUT2D eigenvalue weighted by molar-refractivity contribution is 0.0679. The predicted molar refractivity (Wildman–Crippen MR) is 102 cm³/mol. The number of carboxylic acids is 1. The lowest BCUT2D eigenvalue weighted by Gasteiger charge is -2.30. The topological polar surface area (TPSA) is 75.4 Å². The number of carbonyl (C=O) groups is 2. The Kier molecular flexibility index (Phi) is 4.39. The largest absolute Gasteiger partial charge is 0.478 e. The van der Waals surface area contributed by atoms with E-state index >= 15 is 0 Å². The number of hydrogen-bond donors (Lipinski definition) is 1. The molecule has 2 aromatic heterocycles. The van der Waals surface area contributed by atoms with E-state index in [2.05, 4.69) is 11.9 Å². The number of pyridine rings is 1. The lowest BCUT2D eigenvalue weighted by Crippen LogP contribution is -2.39. The molecule has 0 aliphatic carbocycles. The second kappa shape index (κ2) is 6.87. The molecule has 3 aromatic rings. The Hall–Kier alpha value is -3.15. The van der Waals surface area contributed by atoms with Crippen molar-refractivity contribution in [3.63, 3.8) is 0 Å². The smallest absolute Gasteiger partial charge is 0.335 e. The monoisotopic (exact) mass is 363 g/mol. The average Bonchev–Trinajstić information content (AvgIpc) is 3.10. The van der Waals surface area contributed by atoms with Gasteiger partial charge in [0.25, 0.3) is 5.91 Å². The summed E-state index contributed by atoms with van der Waals surface area (Å²) in [6.07, 6.45) is 5.73. The predicted octanol–water partition coefficient (Wildman–Crippen LogP) is 3.60. The average molecular weight is 363 g/mol. The van der Waals surface area contributed by atoms with Crippen LogP contribution in [0.1, 0.15) is 40.5 Å². The number of aromatic carboxylic acids is 1. The Morgan fingerprint density at radius 2 is 1.93 bits per heavy atom. The molecular formula is C21H21N3O3. The zero-order chi connectivity index (χ0) is 19.0. The molecule has 6 heteroatoms. The summed E-state index contributed by atoms with van der Waals surface area (Å²) in [5, 5.41) is 9.91. The molecule has 1 saturated heterocycles. The fourth-order valence-electron chi connectivity index (χ4n) is 3.67. The molecule has 1 aromatic carbocycles. The number of amides is 1. The van der Waals surface area contributed by atoms with Crippen molar-refractivity contribution in [2.24, 2.45) is 5.92 Å². The Bertz CT molecular complexity index is 1010. The Balaban J connectivity index is 1.63. The first kappa shape index (κ1) is 17.3. The molecule has 3 heterocycles. The summed E-state index contributed by atoms with van der Waals surface area (Å²) in [4.78, 5) is 30.2. The summed E-state index contributed by atoms with van der Waals surface area (Å²) >= 11 is 0. The highest BCUT2D eigenvalue weighted by Crippen LogP contribution is 2.22. The van der Waals surface area contributed by atoms with Gasteiger partial charge in [-0.2, -0.15) is 0 Å². The molecule has 0 spiro atoms. The molecule has 4 rings (SSSR count). The molecule has 0 radical (unpaired) electrons. The van der Waals surface area contributed by atoms with E-state index in [4.69, 9.17) is 5.11 Å². The molecule has 0 saturated carbocycles. The highest BCUT2D eigenvalue weighted by Gasteiger charge is 2.22. The number of benzene rings is 1. The fourth-order valence-corrected chi connectivity index (χ4v) is 3.67. The number of fused-ring (bicyclic) bond motifs is 1. The van der Waals surface area contributed by atoms with Crippen LogP contribution in [0.15, 0.2) is 48.8 Å². The van der Waals surface area contributed by atoms with Gasteiger partial charge in [-0.25, -0.2) is 9.78 Å². The lowest BCUT2D eigenvalue weighted by atomic mass is 9.99. The summed E-state index contributed by atoms with van der Waals surface area (Å²) in [6.45, 7) is 3.78. The van der Waals surface area contributed by atoms with E-state index in [1.54, 1.807) is 30.5 Å². The van der Waals surface area contributed by atoms with Crippen molar-refractivity contribution >= 4 is 22.9 Å².